The third kappa shape index (κ3) is 1.96. The number of rotatable bonds is 1. The van der Waals surface area contributed by atoms with Gasteiger partial charge in [-0.25, -0.2) is 0 Å². The van der Waals surface area contributed by atoms with Gasteiger partial charge >= 0.3 is 0 Å². The maximum atomic E-state index is 9.52. The molecule has 1 aliphatic heterocycles. The molecule has 0 saturated carbocycles. The molecule has 2 aromatic rings. The first-order chi connectivity index (χ1) is 10.6. The highest BCUT2D eigenvalue weighted by Gasteiger charge is 2.29. The topological polar surface area (TPSA) is 88.3 Å². The van der Waals surface area contributed by atoms with Gasteiger partial charge in [-0.2, -0.15) is 15.6 Å². The number of H-pyrrole nitrogens is 1. The van der Waals surface area contributed by atoms with E-state index in [1.807, 2.05) is 39.0 Å². The van der Waals surface area contributed by atoms with Gasteiger partial charge in [-0.15, -0.1) is 0 Å². The first-order valence-electron chi connectivity index (χ1n) is 7.00. The minimum Gasteiger partial charge on any atom is -0.361 e. The van der Waals surface area contributed by atoms with Crippen LogP contribution >= 0.6 is 0 Å². The van der Waals surface area contributed by atoms with Gasteiger partial charge in [0.05, 0.1) is 34.7 Å². The zero-order valence-corrected chi connectivity index (χ0v) is 12.7. The van der Waals surface area contributed by atoms with Crippen LogP contribution in [-0.4, -0.2) is 10.2 Å². The van der Waals surface area contributed by atoms with E-state index in [9.17, 15) is 10.5 Å². The van der Waals surface area contributed by atoms with E-state index in [-0.39, 0.29) is 5.92 Å². The standard InChI is InChI=1S/C17H15N5/c1-9-14(7-18)17(15(8-19)10(2)20-9)12-4-5-16-13(6-12)11(3)21-22-16/h4-6,17,20H,1-3H3,(H,21,22). The zero-order valence-electron chi connectivity index (χ0n) is 12.7. The fraction of sp³-hybridized carbons (Fsp3) is 0.235. The van der Waals surface area contributed by atoms with Crippen molar-refractivity contribution >= 4 is 10.9 Å². The molecule has 1 aliphatic rings. The van der Waals surface area contributed by atoms with Crippen molar-refractivity contribution in [2.45, 2.75) is 26.7 Å². The summed E-state index contributed by atoms with van der Waals surface area (Å²) < 4.78 is 0. The van der Waals surface area contributed by atoms with Gasteiger partial charge in [0.15, 0.2) is 0 Å². The van der Waals surface area contributed by atoms with Crippen LogP contribution in [0.5, 0.6) is 0 Å². The maximum absolute atomic E-state index is 9.52. The molecule has 5 heteroatoms. The molecule has 0 radical (unpaired) electrons. The van der Waals surface area contributed by atoms with Crippen molar-refractivity contribution in [3.63, 3.8) is 0 Å². The molecule has 1 aromatic heterocycles. The van der Waals surface area contributed by atoms with Gasteiger partial charge in [-0.3, -0.25) is 5.10 Å². The Labute approximate surface area is 128 Å². The number of hydrogen-bond acceptors (Lipinski definition) is 4. The van der Waals surface area contributed by atoms with Crippen LogP contribution in [0.2, 0.25) is 0 Å². The Morgan fingerprint density at radius 1 is 1.05 bits per heavy atom. The number of aromatic nitrogens is 2. The molecule has 0 aliphatic carbocycles. The predicted molar refractivity (Wildman–Crippen MR) is 83.3 cm³/mol. The largest absolute Gasteiger partial charge is 0.361 e. The Balaban J connectivity index is 2.25. The van der Waals surface area contributed by atoms with Gasteiger partial charge in [0.1, 0.15) is 0 Å². The normalized spacial score (nSPS) is 15.7. The van der Waals surface area contributed by atoms with Crippen molar-refractivity contribution in [1.29, 1.82) is 10.5 Å². The third-order valence-corrected chi connectivity index (χ3v) is 4.10. The van der Waals surface area contributed by atoms with Gasteiger partial charge < -0.3 is 5.32 Å². The summed E-state index contributed by atoms with van der Waals surface area (Å²) >= 11 is 0. The van der Waals surface area contributed by atoms with Crippen molar-refractivity contribution < 1.29 is 0 Å². The van der Waals surface area contributed by atoms with Crippen LogP contribution in [0.4, 0.5) is 0 Å². The van der Waals surface area contributed by atoms with Gasteiger partial charge in [0.2, 0.25) is 0 Å². The van der Waals surface area contributed by atoms with Gasteiger partial charge in [-0.1, -0.05) is 6.07 Å². The molecular formula is C17H15N5. The second-order valence-electron chi connectivity index (χ2n) is 5.48. The van der Waals surface area contributed by atoms with Crippen molar-refractivity contribution in [2.75, 3.05) is 0 Å². The molecule has 0 unspecified atom stereocenters. The average molecular weight is 289 g/mol. The number of nitriles is 2. The summed E-state index contributed by atoms with van der Waals surface area (Å²) in [4.78, 5) is 0. The lowest BCUT2D eigenvalue weighted by Gasteiger charge is -2.26. The van der Waals surface area contributed by atoms with Crippen LogP contribution < -0.4 is 5.32 Å². The highest BCUT2D eigenvalue weighted by molar-refractivity contribution is 5.82. The Bertz CT molecular complexity index is 879. The van der Waals surface area contributed by atoms with E-state index in [0.717, 1.165) is 33.6 Å². The second kappa shape index (κ2) is 5.05. The number of hydrogen-bond donors (Lipinski definition) is 2. The molecule has 0 saturated heterocycles. The summed E-state index contributed by atoms with van der Waals surface area (Å²) in [5.74, 6) is -0.324. The molecule has 22 heavy (non-hydrogen) atoms. The molecule has 5 nitrogen and oxygen atoms in total. The van der Waals surface area contributed by atoms with E-state index in [1.54, 1.807) is 0 Å². The predicted octanol–water partition coefficient (Wildman–Crippen LogP) is 3.15. The highest BCUT2D eigenvalue weighted by Crippen LogP contribution is 2.38. The summed E-state index contributed by atoms with van der Waals surface area (Å²) in [5.41, 5.74) is 5.56. The van der Waals surface area contributed by atoms with Crippen LogP contribution in [0.3, 0.4) is 0 Å². The van der Waals surface area contributed by atoms with Crippen molar-refractivity contribution in [3.05, 3.63) is 52.0 Å². The highest BCUT2D eigenvalue weighted by atomic mass is 15.1. The molecule has 0 bridgehead atoms. The van der Waals surface area contributed by atoms with E-state index in [0.29, 0.717) is 11.1 Å². The molecule has 3 rings (SSSR count). The molecule has 1 aromatic carbocycles. The molecule has 0 fully saturated rings. The minimum atomic E-state index is -0.324. The number of dihydropyridines is 1. The Hall–Kier alpha value is -3.05. The number of allylic oxidation sites excluding steroid dienone is 4. The fourth-order valence-electron chi connectivity index (χ4n) is 2.96. The van der Waals surface area contributed by atoms with E-state index in [2.05, 4.69) is 27.7 Å². The number of benzene rings is 1. The summed E-state index contributed by atoms with van der Waals surface area (Å²) in [6.07, 6.45) is 0. The fourth-order valence-corrected chi connectivity index (χ4v) is 2.96. The summed E-state index contributed by atoms with van der Waals surface area (Å²) in [6, 6.07) is 10.4. The first-order valence-corrected chi connectivity index (χ1v) is 7.00. The molecule has 0 amide bonds. The Morgan fingerprint density at radius 2 is 1.68 bits per heavy atom. The summed E-state index contributed by atoms with van der Waals surface area (Å²) in [7, 11) is 0. The van der Waals surface area contributed by atoms with Crippen molar-refractivity contribution in [3.8, 4) is 12.1 Å². The number of aromatic amines is 1. The lowest BCUT2D eigenvalue weighted by atomic mass is 9.81. The van der Waals surface area contributed by atoms with Gasteiger partial charge in [-0.05, 0) is 38.5 Å². The molecule has 0 atom stereocenters. The maximum Gasteiger partial charge on any atom is 0.0975 e. The quantitative estimate of drug-likeness (QED) is 0.844. The van der Waals surface area contributed by atoms with Crippen molar-refractivity contribution in [2.24, 2.45) is 0 Å². The summed E-state index contributed by atoms with van der Waals surface area (Å²) in [6.45, 7) is 5.69. The number of fused-ring (bicyclic) bond motifs is 1. The number of nitrogens with one attached hydrogen (secondary N) is 2. The molecule has 108 valence electrons. The van der Waals surface area contributed by atoms with E-state index >= 15 is 0 Å². The van der Waals surface area contributed by atoms with Crippen LogP contribution in [0, 0.1) is 29.6 Å². The Kier molecular flexibility index (Phi) is 3.19. The molecular weight excluding hydrogens is 274 g/mol. The van der Waals surface area contributed by atoms with Crippen LogP contribution in [-0.2, 0) is 0 Å². The van der Waals surface area contributed by atoms with Crippen LogP contribution in [0.1, 0.15) is 31.0 Å². The SMILES string of the molecule is CC1=C(C#N)C(c2ccc3n[nH]c(C)c3c2)C(C#N)=C(C)N1. The van der Waals surface area contributed by atoms with E-state index in [1.165, 1.54) is 0 Å². The number of nitrogens with zero attached hydrogens (tertiary/aromatic N) is 3. The third-order valence-electron chi connectivity index (χ3n) is 4.10. The smallest absolute Gasteiger partial charge is 0.0975 e. The first kappa shape index (κ1) is 13.9. The average Bonchev–Trinajstić information content (AvgIpc) is 2.87. The summed E-state index contributed by atoms with van der Waals surface area (Å²) in [5, 5.41) is 30.4. The number of aryl methyl sites for hydroxylation is 1. The van der Waals surface area contributed by atoms with E-state index in [4.69, 9.17) is 0 Å². The minimum absolute atomic E-state index is 0.324. The second-order valence-corrected chi connectivity index (χ2v) is 5.48. The van der Waals surface area contributed by atoms with Crippen molar-refractivity contribution in [1.82, 2.24) is 15.5 Å². The molecule has 0 spiro atoms. The lowest BCUT2D eigenvalue weighted by Crippen LogP contribution is -2.23. The van der Waals surface area contributed by atoms with Gasteiger partial charge in [0.25, 0.3) is 0 Å². The monoisotopic (exact) mass is 289 g/mol. The van der Waals surface area contributed by atoms with Crippen LogP contribution in [0.15, 0.2) is 40.7 Å². The zero-order chi connectivity index (χ0) is 15.9. The van der Waals surface area contributed by atoms with Gasteiger partial charge in [0, 0.05) is 22.5 Å². The molecule has 2 heterocycles. The van der Waals surface area contributed by atoms with E-state index < -0.39 is 0 Å². The lowest BCUT2D eigenvalue weighted by molar-refractivity contribution is 0.815. The van der Waals surface area contributed by atoms with Crippen LogP contribution in [0.25, 0.3) is 10.9 Å². The Morgan fingerprint density at radius 3 is 2.27 bits per heavy atom. The molecule has 2 N–H and O–H groups in total.